The smallest absolute Gasteiger partial charge is 0.172 e. The first-order valence-electron chi connectivity index (χ1n) is 6.02. The third-order valence-electron chi connectivity index (χ3n) is 2.82. The van der Waals surface area contributed by atoms with Crippen LogP contribution in [0.1, 0.15) is 21.5 Å². The van der Waals surface area contributed by atoms with Crippen LogP contribution < -0.4 is 9.47 Å². The standard InChI is InChI=1S/C16H13NO3/c1-19-15-4-2-3-14(10-18)16(15)20-11-13-7-5-12(9-17)6-8-13/h2-8,10H,11H2,1H3. The predicted molar refractivity (Wildman–Crippen MR) is 73.9 cm³/mol. The van der Waals surface area contributed by atoms with Crippen molar-refractivity contribution in [1.29, 1.82) is 5.26 Å². The van der Waals surface area contributed by atoms with Gasteiger partial charge in [-0.3, -0.25) is 4.79 Å². The van der Waals surface area contributed by atoms with E-state index >= 15 is 0 Å². The highest BCUT2D eigenvalue weighted by Crippen LogP contribution is 2.30. The number of carbonyl (C=O) groups excluding carboxylic acids is 1. The van der Waals surface area contributed by atoms with Crippen LogP contribution in [0.5, 0.6) is 11.5 Å². The minimum Gasteiger partial charge on any atom is -0.493 e. The Bertz CT molecular complexity index is 642. The summed E-state index contributed by atoms with van der Waals surface area (Å²) in [5, 5.41) is 8.74. The number of nitrogens with zero attached hydrogens (tertiary/aromatic N) is 1. The molecule has 0 radical (unpaired) electrons. The van der Waals surface area contributed by atoms with Crippen LogP contribution >= 0.6 is 0 Å². The van der Waals surface area contributed by atoms with Crippen LogP contribution in [0.15, 0.2) is 42.5 Å². The predicted octanol–water partition coefficient (Wildman–Crippen LogP) is 2.96. The Morgan fingerprint density at radius 1 is 1.20 bits per heavy atom. The normalized spacial score (nSPS) is 9.60. The van der Waals surface area contributed by atoms with Crippen molar-refractivity contribution in [3.8, 4) is 17.6 Å². The number of hydrogen-bond acceptors (Lipinski definition) is 4. The van der Waals surface area contributed by atoms with Gasteiger partial charge in [0.1, 0.15) is 6.61 Å². The lowest BCUT2D eigenvalue weighted by Gasteiger charge is -2.12. The maximum absolute atomic E-state index is 11.0. The molecule has 0 aliphatic heterocycles. The van der Waals surface area contributed by atoms with Crippen LogP contribution in [0.2, 0.25) is 0 Å². The molecule has 0 heterocycles. The van der Waals surface area contributed by atoms with E-state index in [1.54, 1.807) is 30.3 Å². The van der Waals surface area contributed by atoms with Crippen LogP contribution in [-0.2, 0) is 6.61 Å². The van der Waals surface area contributed by atoms with Gasteiger partial charge < -0.3 is 9.47 Å². The van der Waals surface area contributed by atoms with Gasteiger partial charge in [-0.1, -0.05) is 18.2 Å². The van der Waals surface area contributed by atoms with Gasteiger partial charge in [-0.15, -0.1) is 0 Å². The molecule has 0 saturated heterocycles. The van der Waals surface area contributed by atoms with E-state index in [0.717, 1.165) is 11.8 Å². The van der Waals surface area contributed by atoms with E-state index in [0.29, 0.717) is 29.2 Å². The van der Waals surface area contributed by atoms with Crippen LogP contribution in [0.25, 0.3) is 0 Å². The van der Waals surface area contributed by atoms with Crippen molar-refractivity contribution >= 4 is 6.29 Å². The number of carbonyl (C=O) groups is 1. The summed E-state index contributed by atoms with van der Waals surface area (Å²) < 4.78 is 10.9. The minimum atomic E-state index is 0.299. The van der Waals surface area contributed by atoms with Crippen LogP contribution in [0, 0.1) is 11.3 Å². The minimum absolute atomic E-state index is 0.299. The number of methoxy groups -OCH3 is 1. The molecule has 4 nitrogen and oxygen atoms in total. The number of aldehydes is 1. The fourth-order valence-corrected chi connectivity index (χ4v) is 1.77. The van der Waals surface area contributed by atoms with Gasteiger partial charge in [0.25, 0.3) is 0 Å². The second kappa shape index (κ2) is 6.39. The van der Waals surface area contributed by atoms with Crippen LogP contribution in [0.4, 0.5) is 0 Å². The molecule has 0 fully saturated rings. The van der Waals surface area contributed by atoms with Gasteiger partial charge in [0.05, 0.1) is 24.3 Å². The van der Waals surface area contributed by atoms with E-state index < -0.39 is 0 Å². The Morgan fingerprint density at radius 3 is 2.55 bits per heavy atom. The van der Waals surface area contributed by atoms with Gasteiger partial charge in [0, 0.05) is 0 Å². The van der Waals surface area contributed by atoms with Gasteiger partial charge in [0.15, 0.2) is 17.8 Å². The molecular formula is C16H13NO3. The Morgan fingerprint density at radius 2 is 1.95 bits per heavy atom. The number of nitriles is 1. The molecule has 0 N–H and O–H groups in total. The second-order valence-corrected chi connectivity index (χ2v) is 4.09. The first kappa shape index (κ1) is 13.6. The highest BCUT2D eigenvalue weighted by Gasteiger charge is 2.10. The average molecular weight is 267 g/mol. The fourth-order valence-electron chi connectivity index (χ4n) is 1.77. The van der Waals surface area contributed by atoms with E-state index in [2.05, 4.69) is 6.07 Å². The number of hydrogen-bond donors (Lipinski definition) is 0. The monoisotopic (exact) mass is 267 g/mol. The Labute approximate surface area is 117 Å². The van der Waals surface area contributed by atoms with Gasteiger partial charge in [-0.05, 0) is 29.8 Å². The summed E-state index contributed by atoms with van der Waals surface area (Å²) in [7, 11) is 1.53. The summed E-state index contributed by atoms with van der Waals surface area (Å²) in [6.45, 7) is 0.299. The van der Waals surface area contributed by atoms with Crippen molar-refractivity contribution < 1.29 is 14.3 Å². The van der Waals surface area contributed by atoms with E-state index in [1.807, 2.05) is 12.1 Å². The zero-order chi connectivity index (χ0) is 14.4. The SMILES string of the molecule is COc1cccc(C=O)c1OCc1ccc(C#N)cc1. The Kier molecular flexibility index (Phi) is 4.35. The van der Waals surface area contributed by atoms with Gasteiger partial charge in [-0.2, -0.15) is 5.26 Å². The fraction of sp³-hybridized carbons (Fsp3) is 0.125. The molecular weight excluding hydrogens is 254 g/mol. The first-order valence-corrected chi connectivity index (χ1v) is 6.02. The molecule has 0 aliphatic rings. The van der Waals surface area contributed by atoms with Gasteiger partial charge >= 0.3 is 0 Å². The third-order valence-corrected chi connectivity index (χ3v) is 2.82. The summed E-state index contributed by atoms with van der Waals surface area (Å²) in [6.07, 6.45) is 0.733. The lowest BCUT2D eigenvalue weighted by atomic mass is 10.1. The van der Waals surface area contributed by atoms with Crippen LogP contribution in [-0.4, -0.2) is 13.4 Å². The molecule has 0 saturated carbocycles. The van der Waals surface area contributed by atoms with Crippen molar-refractivity contribution in [3.63, 3.8) is 0 Å². The molecule has 0 aromatic heterocycles. The molecule has 2 aromatic carbocycles. The number of benzene rings is 2. The summed E-state index contributed by atoms with van der Waals surface area (Å²) in [5.74, 6) is 0.942. The molecule has 0 amide bonds. The van der Waals surface area contributed by atoms with E-state index in [1.165, 1.54) is 7.11 Å². The maximum atomic E-state index is 11.0. The molecule has 20 heavy (non-hydrogen) atoms. The second-order valence-electron chi connectivity index (χ2n) is 4.09. The molecule has 2 rings (SSSR count). The molecule has 0 unspecified atom stereocenters. The maximum Gasteiger partial charge on any atom is 0.172 e. The van der Waals surface area contributed by atoms with Crippen LogP contribution in [0.3, 0.4) is 0 Å². The quantitative estimate of drug-likeness (QED) is 0.781. The summed E-state index contributed by atoms with van der Waals surface area (Å²) in [4.78, 5) is 11.0. The van der Waals surface area contributed by atoms with E-state index in [-0.39, 0.29) is 0 Å². The average Bonchev–Trinajstić information content (AvgIpc) is 2.52. The Balaban J connectivity index is 2.17. The Hall–Kier alpha value is -2.80. The van der Waals surface area contributed by atoms with Gasteiger partial charge in [-0.25, -0.2) is 0 Å². The molecule has 4 heteroatoms. The van der Waals surface area contributed by atoms with Crippen molar-refractivity contribution in [3.05, 3.63) is 59.2 Å². The van der Waals surface area contributed by atoms with E-state index in [4.69, 9.17) is 14.7 Å². The topological polar surface area (TPSA) is 59.3 Å². The summed E-state index contributed by atoms with van der Waals surface area (Å²) in [5.41, 5.74) is 1.95. The van der Waals surface area contributed by atoms with Crippen molar-refractivity contribution in [1.82, 2.24) is 0 Å². The molecule has 2 aromatic rings. The zero-order valence-electron chi connectivity index (χ0n) is 11.0. The largest absolute Gasteiger partial charge is 0.493 e. The van der Waals surface area contributed by atoms with Crippen molar-refractivity contribution in [2.45, 2.75) is 6.61 Å². The van der Waals surface area contributed by atoms with Crippen molar-refractivity contribution in [2.75, 3.05) is 7.11 Å². The highest BCUT2D eigenvalue weighted by molar-refractivity contribution is 5.81. The molecule has 0 spiro atoms. The number of para-hydroxylation sites is 1. The van der Waals surface area contributed by atoms with Crippen molar-refractivity contribution in [2.24, 2.45) is 0 Å². The third kappa shape index (κ3) is 2.96. The molecule has 0 atom stereocenters. The van der Waals surface area contributed by atoms with E-state index in [9.17, 15) is 4.79 Å². The molecule has 0 bridgehead atoms. The molecule has 0 aliphatic carbocycles. The number of rotatable bonds is 5. The summed E-state index contributed by atoms with van der Waals surface area (Å²) in [6, 6.07) is 14.3. The molecule has 100 valence electrons. The summed E-state index contributed by atoms with van der Waals surface area (Å²) >= 11 is 0. The van der Waals surface area contributed by atoms with Gasteiger partial charge in [0.2, 0.25) is 0 Å². The zero-order valence-corrected chi connectivity index (χ0v) is 11.0. The first-order chi connectivity index (χ1) is 9.78. The lowest BCUT2D eigenvalue weighted by molar-refractivity contribution is 0.111. The lowest BCUT2D eigenvalue weighted by Crippen LogP contribution is -2.00. The number of ether oxygens (including phenoxy) is 2. The highest BCUT2D eigenvalue weighted by atomic mass is 16.5.